The topological polar surface area (TPSA) is 84.1 Å². The molecule has 0 radical (unpaired) electrons. The number of carbonyl (C=O) groups is 2. The number of fused-ring (bicyclic) bond motifs is 1. The molecule has 0 aliphatic heterocycles. The van der Waals surface area contributed by atoms with Crippen molar-refractivity contribution in [2.75, 3.05) is 12.4 Å². The standard InChI is InChI=1S/C28H21N3O3/c1-34-26-15-12-21(16-23(26)19-8-6-18(17-32)7-9-19)28(33)29-22-13-10-20(11-14-22)27-30-24-4-2-3-5-25(24)31-27/h2-17H,1H3,(H,29,33)(H,30,31). The number of nitrogens with one attached hydrogen (secondary N) is 2. The summed E-state index contributed by atoms with van der Waals surface area (Å²) in [4.78, 5) is 31.8. The fraction of sp³-hybridized carbons (Fsp3) is 0.0357. The Labute approximate surface area is 196 Å². The summed E-state index contributed by atoms with van der Waals surface area (Å²) in [6.45, 7) is 0. The molecule has 0 spiro atoms. The Balaban J connectivity index is 1.36. The number of benzene rings is 4. The van der Waals surface area contributed by atoms with E-state index in [2.05, 4.69) is 15.3 Å². The molecule has 5 rings (SSSR count). The third-order valence-corrected chi connectivity index (χ3v) is 5.63. The predicted molar refractivity (Wildman–Crippen MR) is 133 cm³/mol. The minimum Gasteiger partial charge on any atom is -0.496 e. The van der Waals surface area contributed by atoms with Crippen LogP contribution >= 0.6 is 0 Å². The van der Waals surface area contributed by atoms with Gasteiger partial charge in [-0.1, -0.05) is 36.4 Å². The molecule has 6 heteroatoms. The van der Waals surface area contributed by atoms with Gasteiger partial charge < -0.3 is 15.0 Å². The number of rotatable bonds is 6. The summed E-state index contributed by atoms with van der Waals surface area (Å²) < 4.78 is 5.48. The van der Waals surface area contributed by atoms with E-state index in [4.69, 9.17) is 4.74 Å². The van der Waals surface area contributed by atoms with E-state index in [1.54, 1.807) is 37.4 Å². The van der Waals surface area contributed by atoms with Crippen LogP contribution < -0.4 is 10.1 Å². The number of hydrogen-bond donors (Lipinski definition) is 2. The molecule has 2 N–H and O–H groups in total. The van der Waals surface area contributed by atoms with Crippen molar-refractivity contribution in [3.8, 4) is 28.3 Å². The highest BCUT2D eigenvalue weighted by atomic mass is 16.5. The summed E-state index contributed by atoms with van der Waals surface area (Å²) in [6, 6.07) is 27.8. The second-order valence-corrected chi connectivity index (χ2v) is 7.79. The molecule has 1 aromatic heterocycles. The highest BCUT2D eigenvalue weighted by Crippen LogP contribution is 2.31. The second kappa shape index (κ2) is 9.03. The maximum Gasteiger partial charge on any atom is 0.255 e. The molecule has 0 bridgehead atoms. The van der Waals surface area contributed by atoms with Gasteiger partial charge in [-0.25, -0.2) is 4.98 Å². The molecule has 4 aromatic carbocycles. The zero-order valence-corrected chi connectivity index (χ0v) is 18.4. The average molecular weight is 447 g/mol. The number of anilines is 1. The largest absolute Gasteiger partial charge is 0.496 e. The fourth-order valence-electron chi connectivity index (χ4n) is 3.82. The summed E-state index contributed by atoms with van der Waals surface area (Å²) in [5.74, 6) is 1.19. The Kier molecular flexibility index (Phi) is 5.62. The van der Waals surface area contributed by atoms with Gasteiger partial charge in [0.1, 0.15) is 17.9 Å². The monoisotopic (exact) mass is 447 g/mol. The van der Waals surface area contributed by atoms with Gasteiger partial charge in [0.2, 0.25) is 0 Å². The lowest BCUT2D eigenvalue weighted by Gasteiger charge is -2.12. The number of carbonyl (C=O) groups excluding carboxylic acids is 2. The molecule has 0 unspecified atom stereocenters. The van der Waals surface area contributed by atoms with E-state index < -0.39 is 0 Å². The number of aldehydes is 1. The van der Waals surface area contributed by atoms with Crippen LogP contribution in [0.2, 0.25) is 0 Å². The highest BCUT2D eigenvalue weighted by Gasteiger charge is 2.13. The van der Waals surface area contributed by atoms with E-state index in [9.17, 15) is 9.59 Å². The van der Waals surface area contributed by atoms with Crippen LogP contribution in [-0.4, -0.2) is 29.3 Å². The zero-order chi connectivity index (χ0) is 23.5. The van der Waals surface area contributed by atoms with Crippen molar-refractivity contribution in [3.05, 3.63) is 102 Å². The molecule has 0 atom stereocenters. The summed E-state index contributed by atoms with van der Waals surface area (Å²) in [6.07, 6.45) is 0.796. The number of H-pyrrole nitrogens is 1. The normalized spacial score (nSPS) is 10.7. The van der Waals surface area contributed by atoms with E-state index in [-0.39, 0.29) is 5.91 Å². The molecular formula is C28H21N3O3. The summed E-state index contributed by atoms with van der Waals surface area (Å²) in [5, 5.41) is 2.94. The smallest absolute Gasteiger partial charge is 0.255 e. The van der Waals surface area contributed by atoms with Crippen LogP contribution in [0, 0.1) is 0 Å². The second-order valence-electron chi connectivity index (χ2n) is 7.79. The first-order valence-electron chi connectivity index (χ1n) is 10.7. The zero-order valence-electron chi connectivity index (χ0n) is 18.4. The Morgan fingerprint density at radius 3 is 2.35 bits per heavy atom. The minimum atomic E-state index is -0.232. The van der Waals surface area contributed by atoms with Gasteiger partial charge in [-0.15, -0.1) is 0 Å². The number of aromatic nitrogens is 2. The summed E-state index contributed by atoms with van der Waals surface area (Å²) in [7, 11) is 1.59. The van der Waals surface area contributed by atoms with Crippen molar-refractivity contribution in [1.82, 2.24) is 9.97 Å². The van der Waals surface area contributed by atoms with Crippen LogP contribution in [0.5, 0.6) is 5.75 Å². The van der Waals surface area contributed by atoms with E-state index in [1.165, 1.54) is 0 Å². The Morgan fingerprint density at radius 2 is 1.65 bits per heavy atom. The van der Waals surface area contributed by atoms with Crippen LogP contribution in [0.3, 0.4) is 0 Å². The van der Waals surface area contributed by atoms with Gasteiger partial charge >= 0.3 is 0 Å². The third kappa shape index (κ3) is 4.17. The quantitative estimate of drug-likeness (QED) is 0.314. The van der Waals surface area contributed by atoms with Crippen LogP contribution in [0.15, 0.2) is 91.0 Å². The SMILES string of the molecule is COc1ccc(C(=O)Nc2ccc(-c3nc4ccccc4[nH]3)cc2)cc1-c1ccc(C=O)cc1. The van der Waals surface area contributed by atoms with Gasteiger partial charge in [-0.2, -0.15) is 0 Å². The van der Waals surface area contributed by atoms with Gasteiger partial charge in [-0.3, -0.25) is 9.59 Å². The molecular weight excluding hydrogens is 426 g/mol. The lowest BCUT2D eigenvalue weighted by atomic mass is 10.0. The maximum atomic E-state index is 13.0. The van der Waals surface area contributed by atoms with Crippen molar-refractivity contribution in [2.45, 2.75) is 0 Å². The van der Waals surface area contributed by atoms with Crippen molar-refractivity contribution in [2.24, 2.45) is 0 Å². The van der Waals surface area contributed by atoms with Gasteiger partial charge in [-0.05, 0) is 60.2 Å². The first kappa shape index (κ1) is 21.2. The van der Waals surface area contributed by atoms with Crippen molar-refractivity contribution < 1.29 is 14.3 Å². The Morgan fingerprint density at radius 1 is 0.912 bits per heavy atom. The van der Waals surface area contributed by atoms with Crippen LogP contribution in [0.25, 0.3) is 33.5 Å². The Hall–Kier alpha value is -4.71. The van der Waals surface area contributed by atoms with Crippen LogP contribution in [0.4, 0.5) is 5.69 Å². The number of imidazole rings is 1. The number of methoxy groups -OCH3 is 1. The molecule has 5 aromatic rings. The number of hydrogen-bond acceptors (Lipinski definition) is 4. The molecule has 166 valence electrons. The number of nitrogens with zero attached hydrogens (tertiary/aromatic N) is 1. The predicted octanol–water partition coefficient (Wildman–Crippen LogP) is 5.97. The fourth-order valence-corrected chi connectivity index (χ4v) is 3.82. The van der Waals surface area contributed by atoms with E-state index in [0.717, 1.165) is 39.8 Å². The van der Waals surface area contributed by atoms with Gasteiger partial charge in [0.05, 0.1) is 18.1 Å². The maximum absolute atomic E-state index is 13.0. The van der Waals surface area contributed by atoms with Gasteiger partial charge in [0.15, 0.2) is 0 Å². The number of ether oxygens (including phenoxy) is 1. The average Bonchev–Trinajstić information content (AvgIpc) is 3.33. The molecule has 1 amide bonds. The first-order valence-corrected chi connectivity index (χ1v) is 10.7. The summed E-state index contributed by atoms with van der Waals surface area (Å²) in [5.41, 5.74) is 6.20. The van der Waals surface area contributed by atoms with E-state index in [1.807, 2.05) is 60.7 Å². The van der Waals surface area contributed by atoms with Crippen molar-refractivity contribution >= 4 is 28.9 Å². The molecule has 0 saturated heterocycles. The van der Waals surface area contributed by atoms with E-state index >= 15 is 0 Å². The summed E-state index contributed by atoms with van der Waals surface area (Å²) >= 11 is 0. The molecule has 0 saturated carbocycles. The van der Waals surface area contributed by atoms with Crippen LogP contribution in [-0.2, 0) is 0 Å². The molecule has 0 aliphatic rings. The number of aromatic amines is 1. The number of para-hydroxylation sites is 2. The Bertz CT molecular complexity index is 1450. The van der Waals surface area contributed by atoms with Gasteiger partial charge in [0.25, 0.3) is 5.91 Å². The molecule has 34 heavy (non-hydrogen) atoms. The molecule has 1 heterocycles. The molecule has 6 nitrogen and oxygen atoms in total. The first-order chi connectivity index (χ1) is 16.6. The molecule has 0 aliphatic carbocycles. The lowest BCUT2D eigenvalue weighted by Crippen LogP contribution is -2.12. The minimum absolute atomic E-state index is 0.232. The third-order valence-electron chi connectivity index (χ3n) is 5.63. The van der Waals surface area contributed by atoms with E-state index in [0.29, 0.717) is 22.6 Å². The highest BCUT2D eigenvalue weighted by molar-refractivity contribution is 6.05. The number of amides is 1. The lowest BCUT2D eigenvalue weighted by molar-refractivity contribution is 0.102. The van der Waals surface area contributed by atoms with Crippen LogP contribution in [0.1, 0.15) is 20.7 Å². The van der Waals surface area contributed by atoms with Crippen molar-refractivity contribution in [3.63, 3.8) is 0 Å². The molecule has 0 fully saturated rings. The van der Waals surface area contributed by atoms with Gasteiger partial charge in [0, 0.05) is 27.9 Å². The van der Waals surface area contributed by atoms with Crippen molar-refractivity contribution in [1.29, 1.82) is 0 Å².